The predicted molar refractivity (Wildman–Crippen MR) is 90.3 cm³/mol. The number of rotatable bonds is 5. The highest BCUT2D eigenvalue weighted by atomic mass is 19.4. The maximum Gasteiger partial charge on any atom is 0.412 e. The molecule has 1 aliphatic carbocycles. The van der Waals surface area contributed by atoms with E-state index in [4.69, 9.17) is 0 Å². The zero-order valence-corrected chi connectivity index (χ0v) is 14.7. The van der Waals surface area contributed by atoms with E-state index in [1.54, 1.807) is 6.07 Å². The molecule has 0 radical (unpaired) electrons. The molecular weight excluding hydrogens is 335 g/mol. The molecule has 1 aliphatic rings. The summed E-state index contributed by atoms with van der Waals surface area (Å²) in [7, 11) is 0. The van der Waals surface area contributed by atoms with E-state index in [1.807, 2.05) is 0 Å². The van der Waals surface area contributed by atoms with Gasteiger partial charge in [0.1, 0.15) is 11.6 Å². The number of benzene rings is 1. The Kier molecular flexibility index (Phi) is 6.64. The Balaban J connectivity index is 2.06. The van der Waals surface area contributed by atoms with Gasteiger partial charge in [0, 0.05) is 5.56 Å². The largest absolute Gasteiger partial charge is 0.412 e. The Bertz CT molecular complexity index is 595. The molecule has 0 nitrogen and oxygen atoms in total. The molecule has 0 saturated heterocycles. The van der Waals surface area contributed by atoms with Crippen molar-refractivity contribution in [3.05, 3.63) is 41.2 Å². The quantitative estimate of drug-likeness (QED) is 0.480. The van der Waals surface area contributed by atoms with Gasteiger partial charge in [-0.15, -0.1) is 0 Å². The number of hydrogen-bond acceptors (Lipinski definition) is 0. The number of halogens is 5. The topological polar surface area (TPSA) is 0 Å². The molecule has 0 heterocycles. The molecule has 0 N–H and O–H groups in total. The second-order valence-electron chi connectivity index (χ2n) is 7.15. The Morgan fingerprint density at radius 3 is 2.36 bits per heavy atom. The summed E-state index contributed by atoms with van der Waals surface area (Å²) in [6, 6.07) is 3.87. The highest BCUT2D eigenvalue weighted by Crippen LogP contribution is 2.40. The number of allylic oxidation sites excluding steroid dienone is 1. The van der Waals surface area contributed by atoms with Crippen molar-refractivity contribution in [1.29, 1.82) is 0 Å². The van der Waals surface area contributed by atoms with Gasteiger partial charge in [-0.25, -0.2) is 8.78 Å². The van der Waals surface area contributed by atoms with Crippen molar-refractivity contribution in [2.45, 2.75) is 64.5 Å². The Hall–Kier alpha value is -1.39. The minimum Gasteiger partial charge on any atom is -0.206 e. The van der Waals surface area contributed by atoms with Crippen LogP contribution in [0.3, 0.4) is 0 Å². The van der Waals surface area contributed by atoms with E-state index in [2.05, 4.69) is 13.8 Å². The summed E-state index contributed by atoms with van der Waals surface area (Å²) < 4.78 is 64.3. The molecule has 0 aromatic heterocycles. The lowest BCUT2D eigenvalue weighted by Gasteiger charge is -2.32. The van der Waals surface area contributed by atoms with E-state index in [0.717, 1.165) is 37.3 Å². The van der Waals surface area contributed by atoms with E-state index < -0.39 is 29.5 Å². The molecule has 1 unspecified atom stereocenters. The molecule has 2 rings (SSSR count). The summed E-state index contributed by atoms with van der Waals surface area (Å²) in [5.74, 6) is -0.951. The van der Waals surface area contributed by atoms with Gasteiger partial charge in [-0.2, -0.15) is 13.2 Å². The fourth-order valence-electron chi connectivity index (χ4n) is 3.91. The van der Waals surface area contributed by atoms with Gasteiger partial charge in [-0.1, -0.05) is 32.8 Å². The van der Waals surface area contributed by atoms with Crippen molar-refractivity contribution >= 4 is 5.83 Å². The SMILES string of the molecule is CCCC(C)C1CCC(c2ccc(/C(F)=C/C(F)(F)F)c(F)c2)CC1. The van der Waals surface area contributed by atoms with Crippen LogP contribution in [-0.4, -0.2) is 6.18 Å². The van der Waals surface area contributed by atoms with Gasteiger partial charge in [-0.3, -0.25) is 0 Å². The molecule has 140 valence electrons. The fourth-order valence-corrected chi connectivity index (χ4v) is 3.91. The van der Waals surface area contributed by atoms with E-state index in [9.17, 15) is 22.0 Å². The molecule has 0 bridgehead atoms. The molecule has 0 aliphatic heterocycles. The molecule has 5 heteroatoms. The second kappa shape index (κ2) is 8.33. The first-order valence-electron chi connectivity index (χ1n) is 8.96. The normalized spacial score (nSPS) is 23.6. The molecule has 1 saturated carbocycles. The van der Waals surface area contributed by atoms with Gasteiger partial charge < -0.3 is 0 Å². The first-order valence-corrected chi connectivity index (χ1v) is 8.96. The van der Waals surface area contributed by atoms with Crippen molar-refractivity contribution in [2.75, 3.05) is 0 Å². The Morgan fingerprint density at radius 1 is 1.20 bits per heavy atom. The van der Waals surface area contributed by atoms with Crippen LogP contribution in [0, 0.1) is 17.7 Å². The minimum absolute atomic E-state index is 0.197. The Morgan fingerprint density at radius 2 is 1.84 bits per heavy atom. The van der Waals surface area contributed by atoms with Crippen molar-refractivity contribution < 1.29 is 22.0 Å². The maximum absolute atomic E-state index is 14.1. The molecule has 0 amide bonds. The number of alkyl halides is 3. The molecule has 25 heavy (non-hydrogen) atoms. The zero-order chi connectivity index (χ0) is 18.6. The first kappa shape index (κ1) is 19.9. The third kappa shape index (κ3) is 5.55. The van der Waals surface area contributed by atoms with Crippen LogP contribution in [0.4, 0.5) is 22.0 Å². The van der Waals surface area contributed by atoms with Crippen molar-refractivity contribution in [3.8, 4) is 0 Å². The monoisotopic (exact) mass is 360 g/mol. The number of hydrogen-bond donors (Lipinski definition) is 0. The van der Waals surface area contributed by atoms with Crippen LogP contribution in [0.2, 0.25) is 0 Å². The summed E-state index contributed by atoms with van der Waals surface area (Å²) in [4.78, 5) is 0. The lowest BCUT2D eigenvalue weighted by Crippen LogP contribution is -2.19. The minimum atomic E-state index is -4.80. The predicted octanol–water partition coefficient (Wildman–Crippen LogP) is 7.41. The van der Waals surface area contributed by atoms with Crippen molar-refractivity contribution in [2.24, 2.45) is 11.8 Å². The smallest absolute Gasteiger partial charge is 0.206 e. The van der Waals surface area contributed by atoms with Crippen LogP contribution in [0.5, 0.6) is 0 Å². The van der Waals surface area contributed by atoms with Gasteiger partial charge in [0.05, 0.1) is 6.08 Å². The van der Waals surface area contributed by atoms with E-state index >= 15 is 0 Å². The van der Waals surface area contributed by atoms with Gasteiger partial charge in [0.25, 0.3) is 0 Å². The standard InChI is InChI=1S/C20H25F5/c1-3-4-13(2)14-5-7-15(8-6-14)16-9-10-17(18(21)11-16)19(22)12-20(23,24)25/h9-15H,3-8H2,1-2H3/b19-12-. The highest BCUT2D eigenvalue weighted by Gasteiger charge is 2.28. The summed E-state index contributed by atoms with van der Waals surface area (Å²) in [6.45, 7) is 4.46. The van der Waals surface area contributed by atoms with Crippen LogP contribution in [0.1, 0.15) is 69.4 Å². The van der Waals surface area contributed by atoms with Crippen LogP contribution in [0.25, 0.3) is 5.83 Å². The summed E-state index contributed by atoms with van der Waals surface area (Å²) in [5, 5.41) is 0. The first-order chi connectivity index (χ1) is 11.7. The van der Waals surface area contributed by atoms with E-state index in [0.29, 0.717) is 11.8 Å². The zero-order valence-electron chi connectivity index (χ0n) is 14.7. The van der Waals surface area contributed by atoms with Crippen molar-refractivity contribution in [1.82, 2.24) is 0 Å². The van der Waals surface area contributed by atoms with Gasteiger partial charge in [0.2, 0.25) is 0 Å². The fraction of sp³-hybridized carbons (Fsp3) is 0.600. The average Bonchev–Trinajstić information content (AvgIpc) is 2.53. The Labute approximate surface area is 146 Å². The molecular formula is C20H25F5. The second-order valence-corrected chi connectivity index (χ2v) is 7.15. The molecule has 1 atom stereocenters. The van der Waals surface area contributed by atoms with Gasteiger partial charge >= 0.3 is 6.18 Å². The molecule has 0 spiro atoms. The van der Waals surface area contributed by atoms with Crippen LogP contribution in [0.15, 0.2) is 24.3 Å². The summed E-state index contributed by atoms with van der Waals surface area (Å²) in [5.41, 5.74) is 0.119. The third-order valence-corrected chi connectivity index (χ3v) is 5.33. The third-order valence-electron chi connectivity index (χ3n) is 5.33. The van der Waals surface area contributed by atoms with Crippen molar-refractivity contribution in [3.63, 3.8) is 0 Å². The highest BCUT2D eigenvalue weighted by molar-refractivity contribution is 5.60. The summed E-state index contributed by atoms with van der Waals surface area (Å²) in [6.07, 6.45) is 1.12. The van der Waals surface area contributed by atoms with E-state index in [1.165, 1.54) is 18.9 Å². The summed E-state index contributed by atoms with van der Waals surface area (Å²) >= 11 is 0. The molecule has 1 aromatic carbocycles. The van der Waals surface area contributed by atoms with Crippen LogP contribution in [-0.2, 0) is 0 Å². The van der Waals surface area contributed by atoms with Gasteiger partial charge in [-0.05, 0) is 61.1 Å². The molecule has 1 fully saturated rings. The average molecular weight is 360 g/mol. The lowest BCUT2D eigenvalue weighted by molar-refractivity contribution is -0.0798. The maximum atomic E-state index is 14.1. The van der Waals surface area contributed by atoms with E-state index in [-0.39, 0.29) is 5.92 Å². The molecule has 1 aromatic rings. The van der Waals surface area contributed by atoms with Crippen LogP contribution < -0.4 is 0 Å². The van der Waals surface area contributed by atoms with Gasteiger partial charge in [0.15, 0.2) is 0 Å². The van der Waals surface area contributed by atoms with Crippen LogP contribution >= 0.6 is 0 Å². The lowest BCUT2D eigenvalue weighted by atomic mass is 9.73.